The van der Waals surface area contributed by atoms with Crippen LogP contribution in [0.15, 0.2) is 36.7 Å². The summed E-state index contributed by atoms with van der Waals surface area (Å²) in [5.41, 5.74) is 2.84. The predicted molar refractivity (Wildman–Crippen MR) is 63.8 cm³/mol. The van der Waals surface area contributed by atoms with Crippen molar-refractivity contribution in [2.45, 2.75) is 13.5 Å². The average Bonchev–Trinajstić information content (AvgIpc) is 2.76. The SMILES string of the molecule is COC(=O)c1cnn(Cc2cccc(C)c2)c1. The van der Waals surface area contributed by atoms with Gasteiger partial charge < -0.3 is 4.74 Å². The number of aryl methyl sites for hydroxylation is 1. The quantitative estimate of drug-likeness (QED) is 0.758. The van der Waals surface area contributed by atoms with E-state index in [1.54, 1.807) is 10.9 Å². The molecule has 0 amide bonds. The number of ether oxygens (including phenoxy) is 1. The summed E-state index contributed by atoms with van der Waals surface area (Å²) in [6.07, 6.45) is 3.20. The zero-order valence-electron chi connectivity index (χ0n) is 9.88. The molecule has 0 spiro atoms. The number of hydrogen-bond acceptors (Lipinski definition) is 3. The van der Waals surface area contributed by atoms with Gasteiger partial charge >= 0.3 is 5.97 Å². The fourth-order valence-corrected chi connectivity index (χ4v) is 1.67. The van der Waals surface area contributed by atoms with Gasteiger partial charge in [-0.15, -0.1) is 0 Å². The van der Waals surface area contributed by atoms with Crippen molar-refractivity contribution >= 4 is 5.97 Å². The molecule has 0 aliphatic heterocycles. The standard InChI is InChI=1S/C13H14N2O2/c1-10-4-3-5-11(6-10)8-15-9-12(7-14-15)13(16)17-2/h3-7,9H,8H2,1-2H3. The van der Waals surface area contributed by atoms with Crippen molar-refractivity contribution in [2.24, 2.45) is 0 Å². The lowest BCUT2D eigenvalue weighted by Crippen LogP contribution is -2.01. The predicted octanol–water partition coefficient (Wildman–Crippen LogP) is 2.03. The van der Waals surface area contributed by atoms with Gasteiger partial charge in [-0.25, -0.2) is 4.79 Å². The maximum Gasteiger partial charge on any atom is 0.341 e. The minimum absolute atomic E-state index is 0.361. The summed E-state index contributed by atoms with van der Waals surface area (Å²) in [4.78, 5) is 11.3. The Hall–Kier alpha value is -2.10. The first kappa shape index (κ1) is 11.4. The summed E-state index contributed by atoms with van der Waals surface area (Å²) in [5, 5.41) is 4.13. The average molecular weight is 230 g/mol. The third-order valence-corrected chi connectivity index (χ3v) is 2.48. The van der Waals surface area contributed by atoms with Crippen molar-refractivity contribution in [1.82, 2.24) is 9.78 Å². The summed E-state index contributed by atoms with van der Waals surface area (Å²) >= 11 is 0. The Bertz CT molecular complexity index is 532. The van der Waals surface area contributed by atoms with Gasteiger partial charge in [0, 0.05) is 6.20 Å². The van der Waals surface area contributed by atoms with Crippen LogP contribution in [0, 0.1) is 6.92 Å². The van der Waals surface area contributed by atoms with E-state index in [-0.39, 0.29) is 5.97 Å². The van der Waals surface area contributed by atoms with E-state index in [9.17, 15) is 4.79 Å². The molecule has 17 heavy (non-hydrogen) atoms. The first-order valence-corrected chi connectivity index (χ1v) is 5.35. The van der Waals surface area contributed by atoms with Crippen LogP contribution < -0.4 is 0 Å². The molecule has 2 rings (SSSR count). The minimum atomic E-state index is -0.361. The van der Waals surface area contributed by atoms with E-state index < -0.39 is 0 Å². The van der Waals surface area contributed by atoms with Gasteiger partial charge in [0.05, 0.1) is 25.4 Å². The zero-order chi connectivity index (χ0) is 12.3. The van der Waals surface area contributed by atoms with Crippen LogP contribution >= 0.6 is 0 Å². The highest BCUT2D eigenvalue weighted by atomic mass is 16.5. The normalized spacial score (nSPS) is 10.2. The number of nitrogens with zero attached hydrogens (tertiary/aromatic N) is 2. The summed E-state index contributed by atoms with van der Waals surface area (Å²) in [6.45, 7) is 2.70. The molecule has 0 unspecified atom stereocenters. The molecule has 88 valence electrons. The lowest BCUT2D eigenvalue weighted by atomic mass is 10.1. The molecule has 0 atom stereocenters. The highest BCUT2D eigenvalue weighted by Crippen LogP contribution is 2.07. The second kappa shape index (κ2) is 4.82. The molecule has 0 N–H and O–H groups in total. The summed E-state index contributed by atoms with van der Waals surface area (Å²) in [5.74, 6) is -0.361. The summed E-state index contributed by atoms with van der Waals surface area (Å²) < 4.78 is 6.35. The Morgan fingerprint density at radius 1 is 1.47 bits per heavy atom. The summed E-state index contributed by atoms with van der Waals surface area (Å²) in [6, 6.07) is 8.19. The van der Waals surface area contributed by atoms with Crippen LogP contribution in [0.2, 0.25) is 0 Å². The van der Waals surface area contributed by atoms with Crippen LogP contribution in [0.1, 0.15) is 21.5 Å². The number of benzene rings is 1. The third-order valence-electron chi connectivity index (χ3n) is 2.48. The topological polar surface area (TPSA) is 44.1 Å². The zero-order valence-corrected chi connectivity index (χ0v) is 9.88. The van der Waals surface area contributed by atoms with Crippen LogP contribution in [0.3, 0.4) is 0 Å². The molecule has 1 aromatic heterocycles. The maximum absolute atomic E-state index is 11.3. The Kier molecular flexibility index (Phi) is 3.23. The number of carbonyl (C=O) groups excluding carboxylic acids is 1. The van der Waals surface area contributed by atoms with Crippen molar-refractivity contribution in [3.8, 4) is 0 Å². The molecular formula is C13H14N2O2. The number of methoxy groups -OCH3 is 1. The Morgan fingerprint density at radius 2 is 2.29 bits per heavy atom. The minimum Gasteiger partial charge on any atom is -0.465 e. The molecule has 1 aromatic carbocycles. The lowest BCUT2D eigenvalue weighted by molar-refractivity contribution is 0.0600. The van der Waals surface area contributed by atoms with Crippen molar-refractivity contribution in [3.63, 3.8) is 0 Å². The molecule has 0 fully saturated rings. The first-order valence-electron chi connectivity index (χ1n) is 5.35. The van der Waals surface area contributed by atoms with Crippen molar-refractivity contribution in [3.05, 3.63) is 53.3 Å². The van der Waals surface area contributed by atoms with Crippen LogP contribution in [-0.2, 0) is 11.3 Å². The van der Waals surface area contributed by atoms with Gasteiger partial charge in [-0.1, -0.05) is 29.8 Å². The smallest absolute Gasteiger partial charge is 0.341 e. The molecule has 0 aliphatic rings. The van der Waals surface area contributed by atoms with Crippen LogP contribution in [-0.4, -0.2) is 22.9 Å². The van der Waals surface area contributed by atoms with E-state index in [0.29, 0.717) is 12.1 Å². The summed E-state index contributed by atoms with van der Waals surface area (Å²) in [7, 11) is 1.36. The Labute approximate surface area is 99.8 Å². The molecule has 4 nitrogen and oxygen atoms in total. The number of aromatic nitrogens is 2. The van der Waals surface area contributed by atoms with Crippen LogP contribution in [0.5, 0.6) is 0 Å². The largest absolute Gasteiger partial charge is 0.465 e. The molecule has 2 aromatic rings. The van der Waals surface area contributed by atoms with Gasteiger partial charge in [-0.05, 0) is 12.5 Å². The highest BCUT2D eigenvalue weighted by Gasteiger charge is 2.08. The van der Waals surface area contributed by atoms with E-state index in [0.717, 1.165) is 5.56 Å². The van der Waals surface area contributed by atoms with Crippen molar-refractivity contribution in [2.75, 3.05) is 7.11 Å². The van der Waals surface area contributed by atoms with Crippen LogP contribution in [0.25, 0.3) is 0 Å². The highest BCUT2D eigenvalue weighted by molar-refractivity contribution is 5.88. The fraction of sp³-hybridized carbons (Fsp3) is 0.231. The second-order valence-corrected chi connectivity index (χ2v) is 3.91. The number of rotatable bonds is 3. The third kappa shape index (κ3) is 2.72. The van der Waals surface area contributed by atoms with Gasteiger partial charge in [0.2, 0.25) is 0 Å². The maximum atomic E-state index is 11.3. The van der Waals surface area contributed by atoms with Crippen molar-refractivity contribution < 1.29 is 9.53 Å². The van der Waals surface area contributed by atoms with Gasteiger partial charge in [0.1, 0.15) is 0 Å². The second-order valence-electron chi connectivity index (χ2n) is 3.91. The molecule has 1 heterocycles. The van der Waals surface area contributed by atoms with E-state index in [1.165, 1.54) is 18.9 Å². The Balaban J connectivity index is 2.14. The molecule has 4 heteroatoms. The molecular weight excluding hydrogens is 216 g/mol. The van der Waals surface area contributed by atoms with Crippen LogP contribution in [0.4, 0.5) is 0 Å². The first-order chi connectivity index (χ1) is 8.19. The number of hydrogen-bond donors (Lipinski definition) is 0. The Morgan fingerprint density at radius 3 is 3.00 bits per heavy atom. The van der Waals surface area contributed by atoms with E-state index in [2.05, 4.69) is 15.9 Å². The molecule has 0 saturated heterocycles. The van der Waals surface area contributed by atoms with E-state index >= 15 is 0 Å². The molecule has 0 bridgehead atoms. The molecule has 0 radical (unpaired) electrons. The van der Waals surface area contributed by atoms with E-state index in [4.69, 9.17) is 0 Å². The van der Waals surface area contributed by atoms with E-state index in [1.807, 2.05) is 25.1 Å². The number of carbonyl (C=O) groups is 1. The number of esters is 1. The monoisotopic (exact) mass is 230 g/mol. The molecule has 0 aliphatic carbocycles. The molecule has 0 saturated carbocycles. The van der Waals surface area contributed by atoms with Gasteiger partial charge in [0.15, 0.2) is 0 Å². The van der Waals surface area contributed by atoms with Crippen molar-refractivity contribution in [1.29, 1.82) is 0 Å². The van der Waals surface area contributed by atoms with Gasteiger partial charge in [-0.3, -0.25) is 4.68 Å². The fourth-order valence-electron chi connectivity index (χ4n) is 1.67. The van der Waals surface area contributed by atoms with Gasteiger partial charge in [0.25, 0.3) is 0 Å². The van der Waals surface area contributed by atoms with Gasteiger partial charge in [-0.2, -0.15) is 5.10 Å². The lowest BCUT2D eigenvalue weighted by Gasteiger charge is -2.02.